The van der Waals surface area contributed by atoms with Crippen LogP contribution < -0.4 is 5.32 Å². The first kappa shape index (κ1) is 9.66. The lowest BCUT2D eigenvalue weighted by Crippen LogP contribution is -2.25. The van der Waals surface area contributed by atoms with E-state index >= 15 is 0 Å². The Bertz CT molecular complexity index is 311. The molecule has 0 saturated carbocycles. The number of rotatable bonds is 2. The number of halogens is 1. The van der Waals surface area contributed by atoms with Crippen LogP contribution in [0.5, 0.6) is 0 Å². The maximum Gasteiger partial charge on any atom is 0.126 e. The maximum atomic E-state index is 13.5. The van der Waals surface area contributed by atoms with Gasteiger partial charge in [0.05, 0.1) is 0 Å². The Labute approximate surface area is 84.3 Å². The van der Waals surface area contributed by atoms with Gasteiger partial charge in [-0.1, -0.05) is 25.1 Å². The molecule has 1 nitrogen and oxygen atoms in total. The topological polar surface area (TPSA) is 12.0 Å². The van der Waals surface area contributed by atoms with Gasteiger partial charge in [0, 0.05) is 12.0 Å². The maximum absolute atomic E-state index is 13.5. The summed E-state index contributed by atoms with van der Waals surface area (Å²) in [5.41, 5.74) is 0.879. The zero-order chi connectivity index (χ0) is 9.97. The zero-order valence-corrected chi connectivity index (χ0v) is 8.46. The fourth-order valence-corrected chi connectivity index (χ4v) is 2.34. The van der Waals surface area contributed by atoms with Crippen LogP contribution in [0.1, 0.15) is 31.2 Å². The van der Waals surface area contributed by atoms with Gasteiger partial charge in [0.15, 0.2) is 0 Å². The highest BCUT2D eigenvalue weighted by molar-refractivity contribution is 5.24. The molecule has 1 aliphatic rings. The predicted molar refractivity (Wildman–Crippen MR) is 55.8 cm³/mol. The zero-order valence-electron chi connectivity index (χ0n) is 8.46. The standard InChI is InChI=1S/C12H16FN/c1-2-12-10(7-8-14-12)9-5-3-4-6-11(9)13/h3-6,10,12,14H,2,7-8H2,1H3. The Kier molecular flexibility index (Phi) is 2.82. The molecular weight excluding hydrogens is 177 g/mol. The Morgan fingerprint density at radius 3 is 2.93 bits per heavy atom. The number of hydrogen-bond donors (Lipinski definition) is 1. The first-order valence-corrected chi connectivity index (χ1v) is 5.30. The summed E-state index contributed by atoms with van der Waals surface area (Å²) in [6.45, 7) is 3.16. The number of hydrogen-bond acceptors (Lipinski definition) is 1. The molecule has 0 radical (unpaired) electrons. The molecule has 2 unspecified atom stereocenters. The molecule has 2 heteroatoms. The second-order valence-electron chi connectivity index (χ2n) is 3.89. The highest BCUT2D eigenvalue weighted by Gasteiger charge is 2.28. The summed E-state index contributed by atoms with van der Waals surface area (Å²) in [6, 6.07) is 7.59. The summed E-state index contributed by atoms with van der Waals surface area (Å²) in [6.07, 6.45) is 2.12. The van der Waals surface area contributed by atoms with Gasteiger partial charge in [-0.25, -0.2) is 4.39 Å². The molecule has 1 saturated heterocycles. The van der Waals surface area contributed by atoms with E-state index in [-0.39, 0.29) is 5.82 Å². The largest absolute Gasteiger partial charge is 0.313 e. The molecule has 0 aliphatic carbocycles. The van der Waals surface area contributed by atoms with Crippen LogP contribution in [-0.2, 0) is 0 Å². The summed E-state index contributed by atoms with van der Waals surface area (Å²) < 4.78 is 13.5. The normalized spacial score (nSPS) is 26.7. The van der Waals surface area contributed by atoms with E-state index in [2.05, 4.69) is 12.2 Å². The molecule has 1 heterocycles. The van der Waals surface area contributed by atoms with E-state index in [0.29, 0.717) is 12.0 Å². The summed E-state index contributed by atoms with van der Waals surface area (Å²) in [4.78, 5) is 0. The van der Waals surface area contributed by atoms with E-state index < -0.39 is 0 Å². The minimum absolute atomic E-state index is 0.0559. The quantitative estimate of drug-likeness (QED) is 0.761. The van der Waals surface area contributed by atoms with Crippen LogP contribution in [0.4, 0.5) is 4.39 Å². The number of benzene rings is 1. The van der Waals surface area contributed by atoms with Gasteiger partial charge in [0.25, 0.3) is 0 Å². The van der Waals surface area contributed by atoms with Gasteiger partial charge in [-0.2, -0.15) is 0 Å². The Hall–Kier alpha value is -0.890. The summed E-state index contributed by atoms with van der Waals surface area (Å²) in [5, 5.41) is 3.42. The van der Waals surface area contributed by atoms with Gasteiger partial charge in [0.1, 0.15) is 5.82 Å². The highest BCUT2D eigenvalue weighted by atomic mass is 19.1. The SMILES string of the molecule is CCC1NCCC1c1ccccc1F. The summed E-state index contributed by atoms with van der Waals surface area (Å²) >= 11 is 0. The van der Waals surface area contributed by atoms with E-state index in [1.165, 1.54) is 0 Å². The lowest BCUT2D eigenvalue weighted by molar-refractivity contribution is 0.505. The third kappa shape index (κ3) is 1.67. The predicted octanol–water partition coefficient (Wildman–Crippen LogP) is 2.68. The average Bonchev–Trinajstić information content (AvgIpc) is 2.66. The van der Waals surface area contributed by atoms with Crippen molar-refractivity contribution in [3.8, 4) is 0 Å². The molecule has 14 heavy (non-hydrogen) atoms. The third-order valence-corrected chi connectivity index (χ3v) is 3.09. The van der Waals surface area contributed by atoms with Crippen LogP contribution in [0.3, 0.4) is 0 Å². The van der Waals surface area contributed by atoms with Crippen molar-refractivity contribution in [2.24, 2.45) is 0 Å². The van der Waals surface area contributed by atoms with Crippen molar-refractivity contribution in [3.63, 3.8) is 0 Å². The fraction of sp³-hybridized carbons (Fsp3) is 0.500. The summed E-state index contributed by atoms with van der Waals surface area (Å²) in [5.74, 6) is 0.306. The van der Waals surface area contributed by atoms with Gasteiger partial charge in [-0.15, -0.1) is 0 Å². The summed E-state index contributed by atoms with van der Waals surface area (Å²) in [7, 11) is 0. The first-order valence-electron chi connectivity index (χ1n) is 5.30. The second kappa shape index (κ2) is 4.09. The average molecular weight is 193 g/mol. The van der Waals surface area contributed by atoms with Crippen LogP contribution in [0.2, 0.25) is 0 Å². The first-order chi connectivity index (χ1) is 6.83. The second-order valence-corrected chi connectivity index (χ2v) is 3.89. The van der Waals surface area contributed by atoms with E-state index in [9.17, 15) is 4.39 Å². The molecule has 1 N–H and O–H groups in total. The van der Waals surface area contributed by atoms with Crippen molar-refractivity contribution >= 4 is 0 Å². The van der Waals surface area contributed by atoms with E-state index in [1.807, 2.05) is 12.1 Å². The van der Waals surface area contributed by atoms with E-state index in [4.69, 9.17) is 0 Å². The minimum atomic E-state index is -0.0559. The van der Waals surface area contributed by atoms with Crippen LogP contribution >= 0.6 is 0 Å². The van der Waals surface area contributed by atoms with Crippen LogP contribution in [0, 0.1) is 5.82 Å². The van der Waals surface area contributed by atoms with Crippen LogP contribution in [0.15, 0.2) is 24.3 Å². The molecule has 1 aromatic rings. The molecule has 0 amide bonds. The molecule has 1 aromatic carbocycles. The van der Waals surface area contributed by atoms with Crippen molar-refractivity contribution in [1.82, 2.24) is 5.32 Å². The van der Waals surface area contributed by atoms with E-state index in [0.717, 1.165) is 24.9 Å². The molecule has 2 atom stereocenters. The van der Waals surface area contributed by atoms with Crippen LogP contribution in [0.25, 0.3) is 0 Å². The molecule has 1 fully saturated rings. The molecular formula is C12H16FN. The lowest BCUT2D eigenvalue weighted by atomic mass is 9.90. The van der Waals surface area contributed by atoms with Crippen molar-refractivity contribution < 1.29 is 4.39 Å². The lowest BCUT2D eigenvalue weighted by Gasteiger charge is -2.18. The minimum Gasteiger partial charge on any atom is -0.313 e. The highest BCUT2D eigenvalue weighted by Crippen LogP contribution is 2.30. The van der Waals surface area contributed by atoms with Gasteiger partial charge >= 0.3 is 0 Å². The molecule has 76 valence electrons. The van der Waals surface area contributed by atoms with Gasteiger partial charge in [0.2, 0.25) is 0 Å². The smallest absolute Gasteiger partial charge is 0.126 e. The van der Waals surface area contributed by atoms with Crippen molar-refractivity contribution in [1.29, 1.82) is 0 Å². The Morgan fingerprint density at radius 1 is 1.43 bits per heavy atom. The van der Waals surface area contributed by atoms with Gasteiger partial charge in [-0.3, -0.25) is 0 Å². The van der Waals surface area contributed by atoms with E-state index in [1.54, 1.807) is 12.1 Å². The monoisotopic (exact) mass is 193 g/mol. The van der Waals surface area contributed by atoms with Crippen molar-refractivity contribution in [2.75, 3.05) is 6.54 Å². The van der Waals surface area contributed by atoms with Gasteiger partial charge in [-0.05, 0) is 31.0 Å². The van der Waals surface area contributed by atoms with Crippen molar-refractivity contribution in [3.05, 3.63) is 35.6 Å². The van der Waals surface area contributed by atoms with Gasteiger partial charge < -0.3 is 5.32 Å². The molecule has 0 aromatic heterocycles. The fourth-order valence-electron chi connectivity index (χ4n) is 2.34. The molecule has 0 spiro atoms. The number of nitrogens with one attached hydrogen (secondary N) is 1. The Morgan fingerprint density at radius 2 is 2.21 bits per heavy atom. The Balaban J connectivity index is 2.26. The molecule has 1 aliphatic heterocycles. The third-order valence-electron chi connectivity index (χ3n) is 3.09. The molecule has 2 rings (SSSR count). The van der Waals surface area contributed by atoms with Crippen molar-refractivity contribution in [2.45, 2.75) is 31.7 Å². The molecule has 0 bridgehead atoms. The van der Waals surface area contributed by atoms with Crippen LogP contribution in [-0.4, -0.2) is 12.6 Å².